The molecule has 3 N–H and O–H groups in total. The zero-order chi connectivity index (χ0) is 16.5. The summed E-state index contributed by atoms with van der Waals surface area (Å²) in [5.74, 6) is -1.92. The number of rotatable bonds is 4. The van der Waals surface area contributed by atoms with E-state index < -0.39 is 40.3 Å². The molecule has 9 heteroatoms. The van der Waals surface area contributed by atoms with Gasteiger partial charge in [-0.2, -0.15) is 13.2 Å². The molecule has 0 bridgehead atoms. The third-order valence-electron chi connectivity index (χ3n) is 3.77. The first-order valence-electron chi connectivity index (χ1n) is 6.47. The molecule has 22 heavy (non-hydrogen) atoms. The summed E-state index contributed by atoms with van der Waals surface area (Å²) in [6.07, 6.45) is -3.21. The number of pyridine rings is 1. The number of nitrogens with one attached hydrogen (secondary N) is 2. The Kier molecular flexibility index (Phi) is 3.99. The van der Waals surface area contributed by atoms with E-state index in [-0.39, 0.29) is 6.42 Å². The molecule has 0 saturated heterocycles. The minimum absolute atomic E-state index is 0.328. The predicted octanol–water partition coefficient (Wildman–Crippen LogP) is 1.98. The number of carboxylic acids is 1. The second-order valence-electron chi connectivity index (χ2n) is 5.29. The lowest BCUT2D eigenvalue weighted by Gasteiger charge is -2.36. The van der Waals surface area contributed by atoms with Crippen LogP contribution in [0.4, 0.5) is 18.9 Å². The van der Waals surface area contributed by atoms with Gasteiger partial charge in [-0.15, -0.1) is 0 Å². The van der Waals surface area contributed by atoms with Crippen LogP contribution in [0.25, 0.3) is 0 Å². The Morgan fingerprint density at radius 3 is 2.45 bits per heavy atom. The smallest absolute Gasteiger partial charge is 0.417 e. The van der Waals surface area contributed by atoms with Gasteiger partial charge in [0.2, 0.25) is 5.91 Å². The molecule has 1 aromatic rings. The summed E-state index contributed by atoms with van der Waals surface area (Å²) in [6.45, 7) is 0. The fourth-order valence-corrected chi connectivity index (χ4v) is 2.31. The van der Waals surface area contributed by atoms with Crippen LogP contribution in [0.5, 0.6) is 0 Å². The molecule has 1 fully saturated rings. The van der Waals surface area contributed by atoms with Crippen LogP contribution in [0.2, 0.25) is 0 Å². The molecule has 0 atom stereocenters. The number of hydrogen-bond donors (Lipinski definition) is 3. The number of carbonyl (C=O) groups is 2. The molecule has 120 valence electrons. The number of anilines is 1. The highest BCUT2D eigenvalue weighted by atomic mass is 19.4. The molecular formula is C13H13F3N2O4. The number of hydrogen-bond acceptors (Lipinski definition) is 3. The Labute approximate surface area is 122 Å². The highest BCUT2D eigenvalue weighted by Gasteiger charge is 2.46. The van der Waals surface area contributed by atoms with Crippen LogP contribution < -0.4 is 10.9 Å². The molecule has 1 aliphatic carbocycles. The van der Waals surface area contributed by atoms with E-state index in [2.05, 4.69) is 5.32 Å². The van der Waals surface area contributed by atoms with Crippen LogP contribution >= 0.6 is 0 Å². The molecule has 0 spiro atoms. The van der Waals surface area contributed by atoms with Gasteiger partial charge < -0.3 is 15.4 Å². The van der Waals surface area contributed by atoms with Gasteiger partial charge >= 0.3 is 12.1 Å². The van der Waals surface area contributed by atoms with Crippen molar-refractivity contribution >= 4 is 17.6 Å². The van der Waals surface area contributed by atoms with Gasteiger partial charge in [0.15, 0.2) is 0 Å². The number of amides is 1. The lowest BCUT2D eigenvalue weighted by molar-refractivity contribution is -0.157. The number of carboxylic acid groups (broad SMARTS) is 1. The van der Waals surface area contributed by atoms with E-state index >= 15 is 0 Å². The number of carbonyl (C=O) groups excluding carboxylic acids is 1. The van der Waals surface area contributed by atoms with Gasteiger partial charge in [0.05, 0.1) is 11.0 Å². The molecule has 1 aliphatic rings. The summed E-state index contributed by atoms with van der Waals surface area (Å²) in [4.78, 5) is 36.3. The number of H-pyrrole nitrogens is 1. The van der Waals surface area contributed by atoms with Gasteiger partial charge in [-0.3, -0.25) is 14.4 Å². The van der Waals surface area contributed by atoms with Gasteiger partial charge in [-0.05, 0) is 18.9 Å². The molecule has 0 radical (unpaired) electrons. The van der Waals surface area contributed by atoms with Crippen LogP contribution in [0.3, 0.4) is 0 Å². The highest BCUT2D eigenvalue weighted by molar-refractivity contribution is 5.94. The van der Waals surface area contributed by atoms with E-state index in [0.29, 0.717) is 31.5 Å². The Morgan fingerprint density at radius 2 is 2.00 bits per heavy atom. The summed E-state index contributed by atoms with van der Waals surface area (Å²) >= 11 is 0. The average Bonchev–Trinajstić information content (AvgIpc) is 2.34. The molecule has 1 aromatic heterocycles. The minimum atomic E-state index is -4.67. The monoisotopic (exact) mass is 318 g/mol. The summed E-state index contributed by atoms with van der Waals surface area (Å²) in [6, 6.07) is 0.519. The fraction of sp³-hybridized carbons (Fsp3) is 0.462. The minimum Gasteiger partial charge on any atom is -0.481 e. The maximum atomic E-state index is 12.6. The van der Waals surface area contributed by atoms with Crippen molar-refractivity contribution in [1.29, 1.82) is 0 Å². The molecule has 1 heterocycles. The maximum absolute atomic E-state index is 12.6. The molecular weight excluding hydrogens is 305 g/mol. The Morgan fingerprint density at radius 1 is 1.36 bits per heavy atom. The van der Waals surface area contributed by atoms with E-state index in [1.807, 2.05) is 4.98 Å². The molecule has 0 aromatic carbocycles. The third kappa shape index (κ3) is 3.12. The van der Waals surface area contributed by atoms with Crippen LogP contribution in [-0.2, 0) is 15.8 Å². The summed E-state index contributed by atoms with van der Waals surface area (Å²) in [5.41, 5.74) is -3.74. The number of aromatic amines is 1. The topological polar surface area (TPSA) is 99.3 Å². The second kappa shape index (κ2) is 5.47. The first-order chi connectivity index (χ1) is 10.1. The summed E-state index contributed by atoms with van der Waals surface area (Å²) < 4.78 is 37.7. The first kappa shape index (κ1) is 16.1. The average molecular weight is 318 g/mol. The van der Waals surface area contributed by atoms with Crippen molar-refractivity contribution in [1.82, 2.24) is 4.98 Å². The van der Waals surface area contributed by atoms with Crippen LogP contribution in [0, 0.1) is 5.41 Å². The van der Waals surface area contributed by atoms with Crippen molar-refractivity contribution in [3.63, 3.8) is 0 Å². The highest BCUT2D eigenvalue weighted by Crippen LogP contribution is 2.44. The van der Waals surface area contributed by atoms with Crippen LogP contribution in [0.1, 0.15) is 31.2 Å². The van der Waals surface area contributed by atoms with Gasteiger partial charge in [-0.1, -0.05) is 6.42 Å². The number of halogens is 3. The summed E-state index contributed by atoms with van der Waals surface area (Å²) in [5, 5.41) is 11.2. The number of alkyl halides is 3. The van der Waals surface area contributed by atoms with Crippen molar-refractivity contribution in [3.05, 3.63) is 28.2 Å². The van der Waals surface area contributed by atoms with Crippen molar-refractivity contribution in [3.8, 4) is 0 Å². The van der Waals surface area contributed by atoms with Crippen molar-refractivity contribution in [2.45, 2.75) is 31.9 Å². The molecule has 2 rings (SSSR count). The van der Waals surface area contributed by atoms with Crippen LogP contribution in [-0.4, -0.2) is 22.0 Å². The van der Waals surface area contributed by atoms with Crippen molar-refractivity contribution in [2.24, 2.45) is 5.41 Å². The maximum Gasteiger partial charge on any atom is 0.417 e. The zero-order valence-corrected chi connectivity index (χ0v) is 11.3. The van der Waals surface area contributed by atoms with E-state index in [1.54, 1.807) is 0 Å². The van der Waals surface area contributed by atoms with Gasteiger partial charge in [-0.25, -0.2) is 0 Å². The predicted molar refractivity (Wildman–Crippen MR) is 69.2 cm³/mol. The third-order valence-corrected chi connectivity index (χ3v) is 3.77. The van der Waals surface area contributed by atoms with Gasteiger partial charge in [0.1, 0.15) is 5.69 Å². The van der Waals surface area contributed by atoms with E-state index in [0.717, 1.165) is 0 Å². The standard InChI is InChI=1S/C13H13F3N2O4/c14-13(15,16)7-4-8(10(20)17-6-7)18-9(19)5-12(11(21)22)2-1-3-12/h4,6H,1-3,5H2,(H,17,20)(H,18,19)(H,21,22). The Balaban J connectivity index is 2.15. The first-order valence-corrected chi connectivity index (χ1v) is 6.47. The lowest BCUT2D eigenvalue weighted by Crippen LogP contribution is -2.41. The van der Waals surface area contributed by atoms with E-state index in [1.165, 1.54) is 0 Å². The normalized spacial score (nSPS) is 16.7. The largest absolute Gasteiger partial charge is 0.481 e. The molecule has 0 unspecified atom stereocenters. The van der Waals surface area contributed by atoms with Crippen molar-refractivity contribution < 1.29 is 27.9 Å². The molecule has 1 amide bonds. The molecule has 1 saturated carbocycles. The molecule has 6 nitrogen and oxygen atoms in total. The fourth-order valence-electron chi connectivity index (χ4n) is 2.31. The van der Waals surface area contributed by atoms with Gasteiger partial charge in [0, 0.05) is 12.6 Å². The van der Waals surface area contributed by atoms with E-state index in [9.17, 15) is 27.6 Å². The Hall–Kier alpha value is -2.32. The Bertz CT molecular complexity index is 662. The van der Waals surface area contributed by atoms with E-state index in [4.69, 9.17) is 5.11 Å². The SMILES string of the molecule is O=C(CC1(C(=O)O)CCC1)Nc1cc(C(F)(F)F)c[nH]c1=O. The summed E-state index contributed by atoms with van der Waals surface area (Å²) in [7, 11) is 0. The zero-order valence-electron chi connectivity index (χ0n) is 11.3. The van der Waals surface area contributed by atoms with Gasteiger partial charge in [0.25, 0.3) is 5.56 Å². The van der Waals surface area contributed by atoms with Crippen LogP contribution in [0.15, 0.2) is 17.1 Å². The van der Waals surface area contributed by atoms with Crippen molar-refractivity contribution in [2.75, 3.05) is 5.32 Å². The number of aliphatic carboxylic acids is 1. The second-order valence-corrected chi connectivity index (χ2v) is 5.29. The number of aromatic nitrogens is 1. The lowest BCUT2D eigenvalue weighted by atomic mass is 9.66. The molecule has 0 aliphatic heterocycles. The quantitative estimate of drug-likeness (QED) is 0.790.